The Morgan fingerprint density at radius 2 is 2.00 bits per heavy atom. The minimum absolute atomic E-state index is 0.175. The molecule has 150 valence electrons. The molecule has 0 aliphatic rings. The van der Waals surface area contributed by atoms with Gasteiger partial charge < -0.3 is 19.3 Å². The summed E-state index contributed by atoms with van der Waals surface area (Å²) in [7, 11) is 1.86. The zero-order valence-electron chi connectivity index (χ0n) is 15.9. The van der Waals surface area contributed by atoms with Gasteiger partial charge in [0.1, 0.15) is 34.0 Å². The van der Waals surface area contributed by atoms with Gasteiger partial charge >= 0.3 is 0 Å². The van der Waals surface area contributed by atoms with Gasteiger partial charge in [-0.15, -0.1) is 0 Å². The lowest BCUT2D eigenvalue weighted by Gasteiger charge is -2.15. The van der Waals surface area contributed by atoms with E-state index in [1.54, 1.807) is 56.7 Å². The minimum Gasteiger partial charge on any atom is -0.457 e. The molecule has 0 amide bonds. The van der Waals surface area contributed by atoms with Crippen LogP contribution in [0.5, 0.6) is 11.5 Å². The first-order valence-corrected chi connectivity index (χ1v) is 9.88. The number of rotatable bonds is 7. The van der Waals surface area contributed by atoms with E-state index in [-0.39, 0.29) is 5.56 Å². The molecular weight excluding hydrogens is 393 g/mol. The zero-order chi connectivity index (χ0) is 21.0. The summed E-state index contributed by atoms with van der Waals surface area (Å²) in [5.74, 6) is 0.370. The number of ether oxygens (including phenoxy) is 1. The van der Waals surface area contributed by atoms with E-state index in [9.17, 15) is 13.4 Å². The molecule has 3 rings (SSSR count). The zero-order valence-corrected chi connectivity index (χ0v) is 16.8. The Balaban J connectivity index is 2.13. The number of nitrogens with one attached hydrogen (secondary N) is 2. The Morgan fingerprint density at radius 3 is 2.69 bits per heavy atom. The van der Waals surface area contributed by atoms with Crippen LogP contribution < -0.4 is 20.3 Å². The largest absolute Gasteiger partial charge is 0.457 e. The van der Waals surface area contributed by atoms with E-state index < -0.39 is 16.8 Å². The van der Waals surface area contributed by atoms with Crippen LogP contribution in [-0.2, 0) is 18.0 Å². The molecule has 8 heteroatoms. The molecule has 1 heterocycles. The van der Waals surface area contributed by atoms with Gasteiger partial charge in [-0.3, -0.25) is 4.79 Å². The van der Waals surface area contributed by atoms with Crippen LogP contribution in [0.15, 0.2) is 71.5 Å². The number of aromatic nitrogens is 1. The van der Waals surface area contributed by atoms with Gasteiger partial charge in [-0.25, -0.2) is 8.60 Å². The molecule has 2 aromatic carbocycles. The van der Waals surface area contributed by atoms with Crippen molar-refractivity contribution in [1.82, 2.24) is 4.57 Å². The standard InChI is InChI=1S/C21H20FN3O3S/c1-4-29(27)24-16-8-9-20(28-17-7-5-6-15(22)11-17)18(12-16)14-10-19(23-2)21(26)25(3)13-14/h4-13,23-24H,1H2,2-3H3. The van der Waals surface area contributed by atoms with Crippen LogP contribution in [0.3, 0.4) is 0 Å². The number of hydrogen-bond donors (Lipinski definition) is 2. The number of halogens is 1. The highest BCUT2D eigenvalue weighted by molar-refractivity contribution is 7.89. The van der Waals surface area contributed by atoms with Crippen LogP contribution in [0, 0.1) is 5.82 Å². The van der Waals surface area contributed by atoms with Crippen LogP contribution in [0.25, 0.3) is 11.1 Å². The summed E-state index contributed by atoms with van der Waals surface area (Å²) < 4.78 is 35.5. The normalized spacial score (nSPS) is 11.6. The van der Waals surface area contributed by atoms with Gasteiger partial charge in [0.05, 0.1) is 0 Å². The average molecular weight is 413 g/mol. The van der Waals surface area contributed by atoms with Crippen molar-refractivity contribution < 1.29 is 13.3 Å². The molecule has 6 nitrogen and oxygen atoms in total. The van der Waals surface area contributed by atoms with Gasteiger partial charge in [0, 0.05) is 48.6 Å². The molecule has 3 aromatic rings. The lowest BCUT2D eigenvalue weighted by atomic mass is 10.0. The smallest absolute Gasteiger partial charge is 0.273 e. The van der Waals surface area contributed by atoms with Gasteiger partial charge in [-0.2, -0.15) is 0 Å². The third kappa shape index (κ3) is 4.72. The number of anilines is 2. The average Bonchev–Trinajstić information content (AvgIpc) is 2.71. The van der Waals surface area contributed by atoms with E-state index in [1.165, 1.54) is 22.1 Å². The monoisotopic (exact) mass is 413 g/mol. The summed E-state index contributed by atoms with van der Waals surface area (Å²) in [5, 5.41) is 4.16. The molecule has 0 saturated heterocycles. The molecule has 0 aliphatic heterocycles. The molecule has 1 atom stereocenters. The quantitative estimate of drug-likeness (QED) is 0.608. The van der Waals surface area contributed by atoms with Crippen LogP contribution in [0.1, 0.15) is 0 Å². The third-order valence-electron chi connectivity index (χ3n) is 4.14. The summed E-state index contributed by atoms with van der Waals surface area (Å²) in [6.07, 6.45) is 1.67. The number of aryl methyl sites for hydroxylation is 1. The molecular formula is C21H20FN3O3S. The van der Waals surface area contributed by atoms with Crippen molar-refractivity contribution in [3.05, 3.63) is 82.9 Å². The summed E-state index contributed by atoms with van der Waals surface area (Å²) in [6.45, 7) is 3.49. The molecule has 2 N–H and O–H groups in total. The van der Waals surface area contributed by atoms with Crippen LogP contribution in [0.2, 0.25) is 0 Å². The maximum absolute atomic E-state index is 13.6. The lowest BCUT2D eigenvalue weighted by Crippen LogP contribution is -2.19. The van der Waals surface area contributed by atoms with E-state index in [0.29, 0.717) is 34.0 Å². The van der Waals surface area contributed by atoms with Crippen molar-refractivity contribution in [2.45, 2.75) is 0 Å². The third-order valence-corrected chi connectivity index (χ3v) is 4.88. The molecule has 0 radical (unpaired) electrons. The molecule has 0 bridgehead atoms. The topological polar surface area (TPSA) is 72.4 Å². The van der Waals surface area contributed by atoms with Crippen molar-refractivity contribution in [3.8, 4) is 22.6 Å². The predicted molar refractivity (Wildman–Crippen MR) is 115 cm³/mol. The number of nitrogens with zero attached hydrogens (tertiary/aromatic N) is 1. The summed E-state index contributed by atoms with van der Waals surface area (Å²) in [6, 6.07) is 12.6. The molecule has 29 heavy (non-hydrogen) atoms. The van der Waals surface area contributed by atoms with Gasteiger partial charge in [0.2, 0.25) is 0 Å². The van der Waals surface area contributed by atoms with Crippen molar-refractivity contribution in [3.63, 3.8) is 0 Å². The molecule has 0 saturated carbocycles. The first-order valence-electron chi connectivity index (χ1n) is 8.67. The van der Waals surface area contributed by atoms with Crippen LogP contribution in [-0.4, -0.2) is 15.8 Å². The molecule has 0 fully saturated rings. The van der Waals surface area contributed by atoms with Gasteiger partial charge in [0.15, 0.2) is 0 Å². The van der Waals surface area contributed by atoms with E-state index in [2.05, 4.69) is 16.6 Å². The van der Waals surface area contributed by atoms with Gasteiger partial charge in [-0.05, 0) is 36.4 Å². The fourth-order valence-electron chi connectivity index (χ4n) is 2.76. The van der Waals surface area contributed by atoms with E-state index in [4.69, 9.17) is 4.74 Å². The first-order chi connectivity index (χ1) is 13.9. The highest BCUT2D eigenvalue weighted by Gasteiger charge is 2.13. The van der Waals surface area contributed by atoms with Crippen molar-refractivity contribution in [1.29, 1.82) is 0 Å². The van der Waals surface area contributed by atoms with E-state index in [1.807, 2.05) is 0 Å². The second-order valence-corrected chi connectivity index (χ2v) is 7.28. The SMILES string of the molecule is C=CS(=O)Nc1ccc(Oc2cccc(F)c2)c(-c2cc(NC)c(=O)n(C)c2)c1. The van der Waals surface area contributed by atoms with Crippen molar-refractivity contribution in [2.24, 2.45) is 7.05 Å². The van der Waals surface area contributed by atoms with Gasteiger partial charge in [-0.1, -0.05) is 12.6 Å². The predicted octanol–water partition coefficient (Wildman–Crippen LogP) is 4.24. The lowest BCUT2D eigenvalue weighted by molar-refractivity contribution is 0.478. The minimum atomic E-state index is -1.45. The fourth-order valence-corrected chi connectivity index (χ4v) is 3.20. The summed E-state index contributed by atoms with van der Waals surface area (Å²) >= 11 is 0. The molecule has 0 spiro atoms. The van der Waals surface area contributed by atoms with E-state index >= 15 is 0 Å². The van der Waals surface area contributed by atoms with Crippen molar-refractivity contribution >= 4 is 22.4 Å². The second-order valence-electron chi connectivity index (χ2n) is 6.15. The Bertz CT molecular complexity index is 1140. The van der Waals surface area contributed by atoms with Crippen LogP contribution >= 0.6 is 0 Å². The van der Waals surface area contributed by atoms with Gasteiger partial charge in [0.25, 0.3) is 5.56 Å². The summed E-state index contributed by atoms with van der Waals surface area (Å²) in [4.78, 5) is 12.2. The second kappa shape index (κ2) is 8.74. The number of benzene rings is 2. The molecule has 1 unspecified atom stereocenters. The summed E-state index contributed by atoms with van der Waals surface area (Å²) in [5.41, 5.74) is 2.13. The molecule has 0 aliphatic carbocycles. The first kappa shape index (κ1) is 20.3. The van der Waals surface area contributed by atoms with Crippen molar-refractivity contribution in [2.75, 3.05) is 17.1 Å². The van der Waals surface area contributed by atoms with Crippen LogP contribution in [0.4, 0.5) is 15.8 Å². The highest BCUT2D eigenvalue weighted by Crippen LogP contribution is 2.36. The maximum atomic E-state index is 13.6. The maximum Gasteiger partial charge on any atom is 0.273 e. The Morgan fingerprint density at radius 1 is 1.21 bits per heavy atom. The Labute approximate surface area is 170 Å². The molecule has 1 aromatic heterocycles. The number of pyridine rings is 1. The fraction of sp³-hybridized carbons (Fsp3) is 0.0952. The van der Waals surface area contributed by atoms with E-state index in [0.717, 1.165) is 0 Å². The Kier molecular flexibility index (Phi) is 6.13. The number of hydrogen-bond acceptors (Lipinski definition) is 4. The highest BCUT2D eigenvalue weighted by atomic mass is 32.2. The Hall–Kier alpha value is -3.39.